The number of aryl methyl sites for hydroxylation is 1. The van der Waals surface area contributed by atoms with Crippen molar-refractivity contribution >= 4 is 12.1 Å². The van der Waals surface area contributed by atoms with Crippen LogP contribution in [-0.2, 0) is 4.79 Å². The van der Waals surface area contributed by atoms with Crippen LogP contribution in [0.15, 0.2) is 77.9 Å². The fourth-order valence-corrected chi connectivity index (χ4v) is 2.88. The molecule has 5 heteroatoms. The van der Waals surface area contributed by atoms with Crippen LogP contribution in [0.25, 0.3) is 0 Å². The number of benzene rings is 3. The van der Waals surface area contributed by atoms with Crippen molar-refractivity contribution in [2.45, 2.75) is 26.7 Å². The van der Waals surface area contributed by atoms with E-state index < -0.39 is 0 Å². The number of rotatable bonds is 8. The van der Waals surface area contributed by atoms with Gasteiger partial charge in [0.2, 0.25) is 0 Å². The van der Waals surface area contributed by atoms with E-state index in [-0.39, 0.29) is 12.5 Å². The molecule has 154 valence electrons. The molecule has 0 heterocycles. The predicted octanol–water partition coefficient (Wildman–Crippen LogP) is 5.44. The van der Waals surface area contributed by atoms with Gasteiger partial charge in [0.05, 0.1) is 6.21 Å². The van der Waals surface area contributed by atoms with Gasteiger partial charge in [0.15, 0.2) is 6.61 Å². The zero-order valence-electron chi connectivity index (χ0n) is 17.5. The van der Waals surface area contributed by atoms with Gasteiger partial charge in [-0.15, -0.1) is 0 Å². The molecule has 1 N–H and O–H groups in total. The molecule has 0 atom stereocenters. The van der Waals surface area contributed by atoms with Crippen LogP contribution in [0.3, 0.4) is 0 Å². The van der Waals surface area contributed by atoms with Crippen LogP contribution in [-0.4, -0.2) is 18.7 Å². The number of carbonyl (C=O) groups is 1. The number of para-hydroxylation sites is 1. The van der Waals surface area contributed by atoms with E-state index in [1.807, 2.05) is 79.7 Å². The summed E-state index contributed by atoms with van der Waals surface area (Å²) >= 11 is 0. The Balaban J connectivity index is 1.54. The summed E-state index contributed by atoms with van der Waals surface area (Å²) in [4.78, 5) is 12.1. The molecule has 0 aliphatic heterocycles. The van der Waals surface area contributed by atoms with Crippen molar-refractivity contribution in [2.24, 2.45) is 5.10 Å². The lowest BCUT2D eigenvalue weighted by Gasteiger charge is -2.14. The van der Waals surface area contributed by atoms with Crippen LogP contribution >= 0.6 is 0 Å². The minimum Gasteiger partial charge on any atom is -0.483 e. The van der Waals surface area contributed by atoms with Gasteiger partial charge in [0.1, 0.15) is 17.2 Å². The average Bonchev–Trinajstić information content (AvgIpc) is 2.73. The van der Waals surface area contributed by atoms with Gasteiger partial charge in [-0.25, -0.2) is 5.43 Å². The Morgan fingerprint density at radius 2 is 1.77 bits per heavy atom. The Kier molecular flexibility index (Phi) is 7.22. The van der Waals surface area contributed by atoms with Crippen molar-refractivity contribution in [3.05, 3.63) is 89.5 Å². The lowest BCUT2D eigenvalue weighted by atomic mass is 10.0. The fourth-order valence-electron chi connectivity index (χ4n) is 2.88. The Morgan fingerprint density at radius 3 is 2.53 bits per heavy atom. The van der Waals surface area contributed by atoms with Crippen LogP contribution in [0.4, 0.5) is 0 Å². The molecule has 3 aromatic rings. The summed E-state index contributed by atoms with van der Waals surface area (Å²) in [6, 6.07) is 23.0. The average molecular weight is 402 g/mol. The van der Waals surface area contributed by atoms with Gasteiger partial charge in [0, 0.05) is 0 Å². The second-order valence-electron chi connectivity index (χ2n) is 7.27. The molecule has 3 rings (SSSR count). The molecule has 0 unspecified atom stereocenters. The zero-order chi connectivity index (χ0) is 21.3. The molecule has 0 spiro atoms. The van der Waals surface area contributed by atoms with Crippen molar-refractivity contribution in [1.82, 2.24) is 5.43 Å². The van der Waals surface area contributed by atoms with E-state index >= 15 is 0 Å². The summed E-state index contributed by atoms with van der Waals surface area (Å²) in [6.45, 7) is 6.09. The number of carbonyl (C=O) groups excluding carboxylic acids is 1. The summed E-state index contributed by atoms with van der Waals surface area (Å²) in [7, 11) is 0. The molecule has 0 radical (unpaired) electrons. The molecule has 0 saturated carbocycles. The molecule has 0 aliphatic rings. The van der Waals surface area contributed by atoms with Crippen LogP contribution in [0.5, 0.6) is 17.2 Å². The molecular formula is C25H26N2O3. The number of amides is 1. The van der Waals surface area contributed by atoms with E-state index in [0.717, 1.165) is 28.2 Å². The highest BCUT2D eigenvalue weighted by atomic mass is 16.5. The van der Waals surface area contributed by atoms with E-state index in [4.69, 9.17) is 9.47 Å². The van der Waals surface area contributed by atoms with Crippen molar-refractivity contribution in [2.75, 3.05) is 6.61 Å². The second-order valence-corrected chi connectivity index (χ2v) is 7.27. The molecular weight excluding hydrogens is 376 g/mol. The molecule has 5 nitrogen and oxygen atoms in total. The lowest BCUT2D eigenvalue weighted by Crippen LogP contribution is -2.25. The SMILES string of the molecule is Cc1ccc(C(C)C)c(OCC(=O)NN=Cc2cccc(Oc3ccccc3)c2)c1. The van der Waals surface area contributed by atoms with Crippen molar-refractivity contribution in [3.8, 4) is 17.2 Å². The molecule has 0 aromatic heterocycles. The minimum atomic E-state index is -0.320. The Morgan fingerprint density at radius 1 is 1.00 bits per heavy atom. The topological polar surface area (TPSA) is 59.9 Å². The zero-order valence-corrected chi connectivity index (χ0v) is 17.5. The van der Waals surface area contributed by atoms with Gasteiger partial charge in [0.25, 0.3) is 5.91 Å². The molecule has 0 aliphatic carbocycles. The first-order valence-corrected chi connectivity index (χ1v) is 9.89. The Bertz CT molecular complexity index is 1010. The van der Waals surface area contributed by atoms with Gasteiger partial charge < -0.3 is 9.47 Å². The number of nitrogens with zero attached hydrogens (tertiary/aromatic N) is 1. The summed E-state index contributed by atoms with van der Waals surface area (Å²) in [6.07, 6.45) is 1.57. The molecule has 30 heavy (non-hydrogen) atoms. The first-order valence-electron chi connectivity index (χ1n) is 9.89. The first kappa shape index (κ1) is 21.1. The highest BCUT2D eigenvalue weighted by Crippen LogP contribution is 2.27. The highest BCUT2D eigenvalue weighted by molar-refractivity contribution is 5.83. The third-order valence-electron chi connectivity index (χ3n) is 4.39. The minimum absolute atomic E-state index is 0.0995. The van der Waals surface area contributed by atoms with Crippen LogP contribution < -0.4 is 14.9 Å². The number of ether oxygens (including phenoxy) is 2. The van der Waals surface area contributed by atoms with Gasteiger partial charge in [-0.05, 0) is 59.9 Å². The highest BCUT2D eigenvalue weighted by Gasteiger charge is 2.10. The third kappa shape index (κ3) is 6.21. The van der Waals surface area contributed by atoms with Crippen molar-refractivity contribution in [1.29, 1.82) is 0 Å². The summed E-state index contributed by atoms with van der Waals surface area (Å²) in [5.41, 5.74) is 5.47. The van der Waals surface area contributed by atoms with Crippen LogP contribution in [0.1, 0.15) is 36.5 Å². The maximum Gasteiger partial charge on any atom is 0.277 e. The molecule has 0 saturated heterocycles. The largest absolute Gasteiger partial charge is 0.483 e. The van der Waals surface area contributed by atoms with E-state index in [2.05, 4.69) is 24.4 Å². The maximum absolute atomic E-state index is 12.1. The maximum atomic E-state index is 12.1. The first-order chi connectivity index (χ1) is 14.5. The summed E-state index contributed by atoms with van der Waals surface area (Å²) in [5, 5.41) is 4.02. The van der Waals surface area contributed by atoms with Gasteiger partial charge >= 0.3 is 0 Å². The summed E-state index contributed by atoms with van der Waals surface area (Å²) in [5.74, 6) is 2.18. The molecule has 0 bridgehead atoms. The molecule has 3 aromatic carbocycles. The standard InChI is InChI=1S/C25H26N2O3/c1-18(2)23-13-12-19(3)14-24(23)29-17-25(28)27-26-16-20-8-7-11-22(15-20)30-21-9-5-4-6-10-21/h4-16,18H,17H2,1-3H3,(H,27,28). The summed E-state index contributed by atoms with van der Waals surface area (Å²) < 4.78 is 11.5. The van der Waals surface area contributed by atoms with Crippen molar-refractivity contribution in [3.63, 3.8) is 0 Å². The number of hydrazone groups is 1. The molecule has 1 amide bonds. The van der Waals surface area contributed by atoms with Gasteiger partial charge in [-0.3, -0.25) is 4.79 Å². The fraction of sp³-hybridized carbons (Fsp3) is 0.200. The van der Waals surface area contributed by atoms with Gasteiger partial charge in [-0.1, -0.05) is 56.3 Å². The van der Waals surface area contributed by atoms with Crippen LogP contribution in [0.2, 0.25) is 0 Å². The van der Waals surface area contributed by atoms with Crippen LogP contribution in [0, 0.1) is 6.92 Å². The van der Waals surface area contributed by atoms with E-state index in [0.29, 0.717) is 11.7 Å². The second kappa shape index (κ2) is 10.3. The molecule has 0 fully saturated rings. The Hall–Kier alpha value is -3.60. The number of hydrogen-bond donors (Lipinski definition) is 1. The third-order valence-corrected chi connectivity index (χ3v) is 4.39. The number of nitrogens with one attached hydrogen (secondary N) is 1. The van der Waals surface area contributed by atoms with E-state index in [1.165, 1.54) is 0 Å². The Labute approximate surface area is 177 Å². The monoisotopic (exact) mass is 402 g/mol. The number of hydrogen-bond acceptors (Lipinski definition) is 4. The predicted molar refractivity (Wildman–Crippen MR) is 119 cm³/mol. The quantitative estimate of drug-likeness (QED) is 0.403. The van der Waals surface area contributed by atoms with E-state index in [9.17, 15) is 4.79 Å². The smallest absolute Gasteiger partial charge is 0.277 e. The van der Waals surface area contributed by atoms with E-state index in [1.54, 1.807) is 6.21 Å². The lowest BCUT2D eigenvalue weighted by molar-refractivity contribution is -0.123. The van der Waals surface area contributed by atoms with Crippen molar-refractivity contribution < 1.29 is 14.3 Å². The van der Waals surface area contributed by atoms with Gasteiger partial charge in [-0.2, -0.15) is 5.10 Å². The normalized spacial score (nSPS) is 10.9.